The molecular weight excluding hydrogens is 429 g/mol. The van der Waals surface area contributed by atoms with Crippen LogP contribution in [-0.2, 0) is 17.9 Å². The summed E-state index contributed by atoms with van der Waals surface area (Å²) in [6.45, 7) is 2.18. The van der Waals surface area contributed by atoms with Crippen LogP contribution < -0.4 is 10.6 Å². The molecule has 1 aromatic heterocycles. The van der Waals surface area contributed by atoms with E-state index in [9.17, 15) is 14.0 Å². The summed E-state index contributed by atoms with van der Waals surface area (Å²) in [5, 5.41) is 6.57. The van der Waals surface area contributed by atoms with Crippen molar-refractivity contribution < 1.29 is 14.0 Å². The second kappa shape index (κ2) is 9.24. The Hall–Kier alpha value is -3.64. The molecule has 0 aliphatic rings. The summed E-state index contributed by atoms with van der Waals surface area (Å²) in [5.41, 5.74) is 3.03. The van der Waals surface area contributed by atoms with Crippen molar-refractivity contribution in [3.05, 3.63) is 100 Å². The van der Waals surface area contributed by atoms with Gasteiger partial charge in [0.05, 0.1) is 10.5 Å². The lowest BCUT2D eigenvalue weighted by molar-refractivity contribution is -0.114. The van der Waals surface area contributed by atoms with Gasteiger partial charge in [-0.05, 0) is 47.5 Å². The van der Waals surface area contributed by atoms with E-state index in [0.29, 0.717) is 30.0 Å². The summed E-state index contributed by atoms with van der Waals surface area (Å²) in [7, 11) is 0. The van der Waals surface area contributed by atoms with Gasteiger partial charge in [-0.15, -0.1) is 0 Å². The van der Waals surface area contributed by atoms with E-state index in [4.69, 9.17) is 11.6 Å². The Morgan fingerprint density at radius 3 is 2.47 bits per heavy atom. The number of halogens is 2. The molecule has 5 nitrogen and oxygen atoms in total. The van der Waals surface area contributed by atoms with Crippen LogP contribution in [0.2, 0.25) is 5.02 Å². The Bertz CT molecular complexity index is 1300. The summed E-state index contributed by atoms with van der Waals surface area (Å²) in [4.78, 5) is 24.4. The van der Waals surface area contributed by atoms with Gasteiger partial charge >= 0.3 is 0 Å². The Kier molecular flexibility index (Phi) is 6.23. The standard InChI is InChI=1S/C25H21ClFN3O2/c1-16(31)29-24-13-20-12-19(25(32)28-14-17-5-3-2-4-6-17)8-10-23(20)30(24)15-18-7-9-21(26)22(27)11-18/h2-13H,14-15H2,1H3,(H,28,32)(H,29,31). The fourth-order valence-corrected chi connectivity index (χ4v) is 3.68. The van der Waals surface area contributed by atoms with Crippen LogP contribution in [0, 0.1) is 5.82 Å². The number of nitrogens with zero attached hydrogens (tertiary/aromatic N) is 1. The van der Waals surface area contributed by atoms with Gasteiger partial charge in [0, 0.05) is 31.0 Å². The average molecular weight is 450 g/mol. The van der Waals surface area contributed by atoms with Crippen LogP contribution in [0.3, 0.4) is 0 Å². The largest absolute Gasteiger partial charge is 0.348 e. The highest BCUT2D eigenvalue weighted by molar-refractivity contribution is 6.30. The molecule has 0 radical (unpaired) electrons. The first kappa shape index (κ1) is 21.6. The molecule has 7 heteroatoms. The van der Waals surface area contributed by atoms with Crippen LogP contribution in [-0.4, -0.2) is 16.4 Å². The predicted molar refractivity (Wildman–Crippen MR) is 124 cm³/mol. The molecular formula is C25H21ClFN3O2. The molecule has 0 aliphatic carbocycles. The van der Waals surface area contributed by atoms with Gasteiger partial charge in [0.1, 0.15) is 11.6 Å². The Morgan fingerprint density at radius 2 is 1.75 bits per heavy atom. The maximum Gasteiger partial charge on any atom is 0.251 e. The maximum atomic E-state index is 13.9. The number of hydrogen-bond acceptors (Lipinski definition) is 2. The first-order valence-electron chi connectivity index (χ1n) is 10.1. The van der Waals surface area contributed by atoms with Crippen molar-refractivity contribution in [1.29, 1.82) is 0 Å². The Labute approximate surface area is 189 Å². The van der Waals surface area contributed by atoms with Crippen molar-refractivity contribution in [2.24, 2.45) is 0 Å². The molecule has 162 valence electrons. The van der Waals surface area contributed by atoms with E-state index in [0.717, 1.165) is 16.5 Å². The zero-order valence-electron chi connectivity index (χ0n) is 17.4. The molecule has 0 fully saturated rings. The minimum absolute atomic E-state index is 0.0550. The van der Waals surface area contributed by atoms with Gasteiger partial charge in [-0.1, -0.05) is 48.0 Å². The van der Waals surface area contributed by atoms with Gasteiger partial charge in [0.2, 0.25) is 5.91 Å². The minimum atomic E-state index is -0.501. The number of benzene rings is 3. The number of anilines is 1. The molecule has 3 aromatic carbocycles. The van der Waals surface area contributed by atoms with Crippen molar-refractivity contribution in [3.8, 4) is 0 Å². The summed E-state index contributed by atoms with van der Waals surface area (Å²) in [6, 6.07) is 21.4. The predicted octanol–water partition coefficient (Wildman–Crippen LogP) is 5.37. The SMILES string of the molecule is CC(=O)Nc1cc2cc(C(=O)NCc3ccccc3)ccc2n1Cc1ccc(Cl)c(F)c1. The van der Waals surface area contributed by atoms with E-state index < -0.39 is 5.82 Å². The van der Waals surface area contributed by atoms with Gasteiger partial charge in [0.25, 0.3) is 5.91 Å². The molecule has 2 amide bonds. The molecule has 0 saturated heterocycles. The van der Waals surface area contributed by atoms with Crippen LogP contribution in [0.15, 0.2) is 72.8 Å². The van der Waals surface area contributed by atoms with Crippen molar-refractivity contribution in [2.45, 2.75) is 20.0 Å². The molecule has 0 aliphatic heterocycles. The van der Waals surface area contributed by atoms with Crippen molar-refractivity contribution in [2.75, 3.05) is 5.32 Å². The highest BCUT2D eigenvalue weighted by Gasteiger charge is 2.14. The highest BCUT2D eigenvalue weighted by Crippen LogP contribution is 2.27. The van der Waals surface area contributed by atoms with Crippen LogP contribution in [0.25, 0.3) is 10.9 Å². The lowest BCUT2D eigenvalue weighted by Crippen LogP contribution is -2.22. The van der Waals surface area contributed by atoms with Crippen LogP contribution >= 0.6 is 11.6 Å². The van der Waals surface area contributed by atoms with Gasteiger partial charge in [-0.3, -0.25) is 9.59 Å². The number of carbonyl (C=O) groups excluding carboxylic acids is 2. The van der Waals surface area contributed by atoms with Gasteiger partial charge < -0.3 is 15.2 Å². The molecule has 32 heavy (non-hydrogen) atoms. The molecule has 1 heterocycles. The zero-order valence-corrected chi connectivity index (χ0v) is 18.1. The fraction of sp³-hybridized carbons (Fsp3) is 0.120. The number of hydrogen-bond donors (Lipinski definition) is 2. The van der Waals surface area contributed by atoms with Gasteiger partial charge in [0.15, 0.2) is 0 Å². The van der Waals surface area contributed by atoms with Crippen LogP contribution in [0.1, 0.15) is 28.4 Å². The zero-order chi connectivity index (χ0) is 22.7. The quantitative estimate of drug-likeness (QED) is 0.415. The Morgan fingerprint density at radius 1 is 0.969 bits per heavy atom. The van der Waals surface area contributed by atoms with Crippen LogP contribution in [0.4, 0.5) is 10.2 Å². The number of carbonyl (C=O) groups is 2. The van der Waals surface area contributed by atoms with Gasteiger partial charge in [-0.25, -0.2) is 4.39 Å². The third-order valence-corrected chi connectivity index (χ3v) is 5.39. The second-order valence-electron chi connectivity index (χ2n) is 7.49. The monoisotopic (exact) mass is 449 g/mol. The van der Waals surface area contributed by atoms with Crippen molar-refractivity contribution in [3.63, 3.8) is 0 Å². The molecule has 0 saturated carbocycles. The molecule has 4 aromatic rings. The van der Waals surface area contributed by atoms with Crippen LogP contribution in [0.5, 0.6) is 0 Å². The molecule has 0 atom stereocenters. The molecule has 2 N–H and O–H groups in total. The lowest BCUT2D eigenvalue weighted by atomic mass is 10.1. The van der Waals surface area contributed by atoms with E-state index in [1.165, 1.54) is 19.1 Å². The third-order valence-electron chi connectivity index (χ3n) is 5.09. The number of rotatable bonds is 6. The first-order valence-corrected chi connectivity index (χ1v) is 10.5. The molecule has 0 spiro atoms. The second-order valence-corrected chi connectivity index (χ2v) is 7.89. The summed E-state index contributed by atoms with van der Waals surface area (Å²) in [6.07, 6.45) is 0. The van der Waals surface area contributed by atoms with E-state index in [1.807, 2.05) is 41.0 Å². The number of fused-ring (bicyclic) bond motifs is 1. The first-order chi connectivity index (χ1) is 15.4. The molecule has 0 bridgehead atoms. The molecule has 0 unspecified atom stereocenters. The number of aromatic nitrogens is 1. The average Bonchev–Trinajstić information content (AvgIpc) is 3.10. The Balaban J connectivity index is 1.63. The summed E-state index contributed by atoms with van der Waals surface area (Å²) >= 11 is 5.79. The van der Waals surface area contributed by atoms with E-state index in [2.05, 4.69) is 10.6 Å². The highest BCUT2D eigenvalue weighted by atomic mass is 35.5. The van der Waals surface area contributed by atoms with Crippen molar-refractivity contribution in [1.82, 2.24) is 9.88 Å². The van der Waals surface area contributed by atoms with E-state index in [1.54, 1.807) is 24.3 Å². The smallest absolute Gasteiger partial charge is 0.251 e. The topological polar surface area (TPSA) is 63.1 Å². The summed E-state index contributed by atoms with van der Waals surface area (Å²) < 4.78 is 15.8. The normalized spacial score (nSPS) is 10.8. The fourth-order valence-electron chi connectivity index (χ4n) is 3.57. The lowest BCUT2D eigenvalue weighted by Gasteiger charge is -2.12. The van der Waals surface area contributed by atoms with E-state index in [-0.39, 0.29) is 16.8 Å². The maximum absolute atomic E-state index is 13.9. The van der Waals surface area contributed by atoms with Gasteiger partial charge in [-0.2, -0.15) is 0 Å². The number of amides is 2. The van der Waals surface area contributed by atoms with E-state index >= 15 is 0 Å². The minimum Gasteiger partial charge on any atom is -0.348 e. The van der Waals surface area contributed by atoms with Crippen molar-refractivity contribution >= 4 is 40.1 Å². The third kappa shape index (κ3) is 4.81. The molecule has 4 rings (SSSR count). The number of nitrogens with one attached hydrogen (secondary N) is 2. The summed E-state index contributed by atoms with van der Waals surface area (Å²) in [5.74, 6) is -0.356.